The first-order chi connectivity index (χ1) is 8.83. The number of benzene rings is 1. The summed E-state index contributed by atoms with van der Waals surface area (Å²) in [6.07, 6.45) is 0. The predicted molar refractivity (Wildman–Crippen MR) is 73.0 cm³/mol. The molecule has 2 aliphatic heterocycles. The highest BCUT2D eigenvalue weighted by Crippen LogP contribution is 2.36. The molecule has 1 N–H and O–H groups in total. The van der Waals surface area contributed by atoms with Crippen LogP contribution in [0.2, 0.25) is 0 Å². The van der Waals surface area contributed by atoms with Crippen molar-refractivity contribution in [2.75, 3.05) is 42.5 Å². The molecule has 0 bridgehead atoms. The minimum atomic E-state index is 0.528. The van der Waals surface area contributed by atoms with Crippen molar-refractivity contribution in [3.63, 3.8) is 0 Å². The molecule has 3 rings (SSSR count). The smallest absolute Gasteiger partial charge is 0.0992 e. The van der Waals surface area contributed by atoms with Crippen LogP contribution in [0.1, 0.15) is 12.5 Å². The SMILES string of the molecule is CCN1CC2CNCCN2c2cc(C#N)ccc21. The van der Waals surface area contributed by atoms with Crippen molar-refractivity contribution in [2.45, 2.75) is 13.0 Å². The van der Waals surface area contributed by atoms with Crippen molar-refractivity contribution in [3.05, 3.63) is 23.8 Å². The van der Waals surface area contributed by atoms with Crippen LogP contribution in [0.5, 0.6) is 0 Å². The zero-order valence-corrected chi connectivity index (χ0v) is 10.7. The van der Waals surface area contributed by atoms with Gasteiger partial charge in [-0.2, -0.15) is 5.26 Å². The van der Waals surface area contributed by atoms with Crippen LogP contribution < -0.4 is 15.1 Å². The fourth-order valence-electron chi connectivity index (χ4n) is 2.98. The molecule has 94 valence electrons. The van der Waals surface area contributed by atoms with Gasteiger partial charge in [-0.25, -0.2) is 0 Å². The van der Waals surface area contributed by atoms with Crippen LogP contribution in [0, 0.1) is 11.3 Å². The summed E-state index contributed by atoms with van der Waals surface area (Å²) in [6.45, 7) is 7.37. The summed E-state index contributed by atoms with van der Waals surface area (Å²) in [4.78, 5) is 4.86. The van der Waals surface area contributed by atoms with Gasteiger partial charge in [-0.1, -0.05) is 0 Å². The monoisotopic (exact) mass is 242 g/mol. The molecule has 4 heteroatoms. The molecule has 1 aromatic carbocycles. The van der Waals surface area contributed by atoms with Gasteiger partial charge < -0.3 is 15.1 Å². The third-order valence-electron chi connectivity index (χ3n) is 3.92. The Bertz CT molecular complexity index is 491. The minimum absolute atomic E-state index is 0.528. The average Bonchev–Trinajstić information content (AvgIpc) is 2.45. The van der Waals surface area contributed by atoms with E-state index >= 15 is 0 Å². The molecule has 0 spiro atoms. The molecule has 0 saturated carbocycles. The maximum atomic E-state index is 9.06. The topological polar surface area (TPSA) is 42.3 Å². The molecule has 2 aliphatic rings. The second-order valence-corrected chi connectivity index (χ2v) is 4.91. The Hall–Kier alpha value is -1.73. The lowest BCUT2D eigenvalue weighted by molar-refractivity contribution is 0.460. The lowest BCUT2D eigenvalue weighted by Gasteiger charge is -2.47. The fourth-order valence-corrected chi connectivity index (χ4v) is 2.98. The first-order valence-corrected chi connectivity index (χ1v) is 6.60. The van der Waals surface area contributed by atoms with Crippen LogP contribution >= 0.6 is 0 Å². The molecule has 1 saturated heterocycles. The molecule has 1 unspecified atom stereocenters. The minimum Gasteiger partial charge on any atom is -0.368 e. The van der Waals surface area contributed by atoms with Gasteiger partial charge in [0.05, 0.1) is 29.0 Å². The Kier molecular flexibility index (Phi) is 2.85. The normalized spacial score (nSPS) is 22.1. The van der Waals surface area contributed by atoms with E-state index in [1.807, 2.05) is 12.1 Å². The highest BCUT2D eigenvalue weighted by Gasteiger charge is 2.31. The number of hydrogen-bond acceptors (Lipinski definition) is 4. The lowest BCUT2D eigenvalue weighted by Crippen LogP contribution is -2.58. The summed E-state index contributed by atoms with van der Waals surface area (Å²) in [5.41, 5.74) is 3.26. The number of nitriles is 1. The van der Waals surface area contributed by atoms with E-state index in [1.54, 1.807) is 0 Å². The molecule has 1 fully saturated rings. The maximum Gasteiger partial charge on any atom is 0.0992 e. The van der Waals surface area contributed by atoms with Crippen molar-refractivity contribution < 1.29 is 0 Å². The molecule has 18 heavy (non-hydrogen) atoms. The summed E-state index contributed by atoms with van der Waals surface area (Å²) in [5, 5.41) is 12.5. The van der Waals surface area contributed by atoms with Gasteiger partial charge in [0.15, 0.2) is 0 Å². The van der Waals surface area contributed by atoms with Gasteiger partial charge >= 0.3 is 0 Å². The highest BCUT2D eigenvalue weighted by molar-refractivity contribution is 5.76. The lowest BCUT2D eigenvalue weighted by atomic mass is 10.0. The molecular formula is C14H18N4. The van der Waals surface area contributed by atoms with E-state index in [2.05, 4.69) is 34.2 Å². The quantitative estimate of drug-likeness (QED) is 0.803. The van der Waals surface area contributed by atoms with Gasteiger partial charge in [-0.05, 0) is 25.1 Å². The van der Waals surface area contributed by atoms with Crippen LogP contribution in [-0.2, 0) is 0 Å². The summed E-state index contributed by atoms with van der Waals surface area (Å²) >= 11 is 0. The van der Waals surface area contributed by atoms with E-state index in [0.717, 1.165) is 38.3 Å². The van der Waals surface area contributed by atoms with Crippen molar-refractivity contribution in [2.24, 2.45) is 0 Å². The number of hydrogen-bond donors (Lipinski definition) is 1. The van der Waals surface area contributed by atoms with Gasteiger partial charge in [0, 0.05) is 32.7 Å². The van der Waals surface area contributed by atoms with E-state index in [0.29, 0.717) is 6.04 Å². The van der Waals surface area contributed by atoms with Crippen molar-refractivity contribution in [1.82, 2.24) is 5.32 Å². The second-order valence-electron chi connectivity index (χ2n) is 4.91. The van der Waals surface area contributed by atoms with Crippen molar-refractivity contribution in [3.8, 4) is 6.07 Å². The van der Waals surface area contributed by atoms with Crippen LogP contribution in [0.3, 0.4) is 0 Å². The number of piperazine rings is 1. The maximum absolute atomic E-state index is 9.06. The number of nitrogens with one attached hydrogen (secondary N) is 1. The zero-order chi connectivity index (χ0) is 12.5. The number of rotatable bonds is 1. The Morgan fingerprint density at radius 3 is 3.11 bits per heavy atom. The predicted octanol–water partition coefficient (Wildman–Crippen LogP) is 1.18. The number of nitrogens with zero attached hydrogens (tertiary/aromatic N) is 3. The average molecular weight is 242 g/mol. The fraction of sp³-hybridized carbons (Fsp3) is 0.500. The molecule has 2 heterocycles. The number of anilines is 2. The van der Waals surface area contributed by atoms with Crippen LogP contribution in [-0.4, -0.2) is 38.8 Å². The molecular weight excluding hydrogens is 224 g/mol. The molecule has 1 aromatic rings. The summed E-state index contributed by atoms with van der Waals surface area (Å²) < 4.78 is 0. The second kappa shape index (κ2) is 4.51. The molecule has 0 amide bonds. The summed E-state index contributed by atoms with van der Waals surface area (Å²) in [6, 6.07) is 8.82. The van der Waals surface area contributed by atoms with Crippen LogP contribution in [0.25, 0.3) is 0 Å². The van der Waals surface area contributed by atoms with Gasteiger partial charge in [0.2, 0.25) is 0 Å². The summed E-state index contributed by atoms with van der Waals surface area (Å²) in [7, 11) is 0. The number of likely N-dealkylation sites (N-methyl/N-ethyl adjacent to an activating group) is 1. The van der Waals surface area contributed by atoms with E-state index in [9.17, 15) is 0 Å². The van der Waals surface area contributed by atoms with Gasteiger partial charge in [0.1, 0.15) is 0 Å². The third kappa shape index (κ3) is 1.72. The third-order valence-corrected chi connectivity index (χ3v) is 3.92. The Labute approximate surface area is 108 Å². The van der Waals surface area contributed by atoms with Crippen molar-refractivity contribution >= 4 is 11.4 Å². The van der Waals surface area contributed by atoms with E-state index < -0.39 is 0 Å². The van der Waals surface area contributed by atoms with Crippen LogP contribution in [0.15, 0.2) is 18.2 Å². The van der Waals surface area contributed by atoms with E-state index in [4.69, 9.17) is 5.26 Å². The molecule has 0 aromatic heterocycles. The number of fused-ring (bicyclic) bond motifs is 3. The molecule has 4 nitrogen and oxygen atoms in total. The Balaban J connectivity index is 2.06. The van der Waals surface area contributed by atoms with E-state index in [1.165, 1.54) is 11.4 Å². The van der Waals surface area contributed by atoms with E-state index in [-0.39, 0.29) is 0 Å². The first-order valence-electron chi connectivity index (χ1n) is 6.60. The molecule has 0 radical (unpaired) electrons. The first kappa shape index (κ1) is 11.4. The largest absolute Gasteiger partial charge is 0.368 e. The van der Waals surface area contributed by atoms with Crippen LogP contribution in [0.4, 0.5) is 11.4 Å². The standard InChI is InChI=1S/C14H18N4/c1-2-17-10-12-9-16-5-6-18(12)14-7-11(8-15)3-4-13(14)17/h3-4,7,12,16H,2,5-6,9-10H2,1H3. The zero-order valence-electron chi connectivity index (χ0n) is 10.7. The molecule has 1 atom stereocenters. The molecule has 0 aliphatic carbocycles. The summed E-state index contributed by atoms with van der Waals surface area (Å²) in [5.74, 6) is 0. The Morgan fingerprint density at radius 1 is 1.44 bits per heavy atom. The highest BCUT2D eigenvalue weighted by atomic mass is 15.3. The van der Waals surface area contributed by atoms with Crippen molar-refractivity contribution in [1.29, 1.82) is 5.26 Å². The van der Waals surface area contributed by atoms with Gasteiger partial charge in [-0.15, -0.1) is 0 Å². The Morgan fingerprint density at radius 2 is 2.33 bits per heavy atom. The van der Waals surface area contributed by atoms with Gasteiger partial charge in [0.25, 0.3) is 0 Å². The van der Waals surface area contributed by atoms with Gasteiger partial charge in [-0.3, -0.25) is 0 Å².